The number of carbonyl (C=O) groups is 2. The smallest absolute Gasteiger partial charge is 0.321 e. The number of hydrogen-bond acceptors (Lipinski definition) is 3. The first-order valence-corrected chi connectivity index (χ1v) is 9.95. The molecule has 2 amide bonds. The van der Waals surface area contributed by atoms with Gasteiger partial charge >= 0.3 is 6.03 Å². The molecule has 1 saturated heterocycles. The lowest BCUT2D eigenvalue weighted by molar-refractivity contribution is 0.000358. The van der Waals surface area contributed by atoms with Crippen molar-refractivity contribution in [2.24, 2.45) is 0 Å². The Balaban J connectivity index is 1.43. The first kappa shape index (κ1) is 19.1. The topological polar surface area (TPSA) is 58.6 Å². The third-order valence-electron chi connectivity index (χ3n) is 5.43. The van der Waals surface area contributed by atoms with Crippen LogP contribution in [-0.2, 0) is 0 Å². The Morgan fingerprint density at radius 3 is 2.50 bits per heavy atom. The molecule has 7 heteroatoms. The minimum atomic E-state index is -0.554. The molecule has 0 bridgehead atoms. The third-order valence-corrected chi connectivity index (χ3v) is 6.09. The van der Waals surface area contributed by atoms with E-state index in [0.29, 0.717) is 59.4 Å². The number of amides is 2. The summed E-state index contributed by atoms with van der Waals surface area (Å²) < 4.78 is 6.27. The van der Waals surface area contributed by atoms with Crippen molar-refractivity contribution in [3.63, 3.8) is 0 Å². The quantitative estimate of drug-likeness (QED) is 0.680. The summed E-state index contributed by atoms with van der Waals surface area (Å²) >= 11 is 12.0. The fourth-order valence-electron chi connectivity index (χ4n) is 3.75. The number of piperidine rings is 1. The van der Waals surface area contributed by atoms with Gasteiger partial charge in [-0.1, -0.05) is 23.2 Å². The zero-order valence-corrected chi connectivity index (χ0v) is 16.9. The van der Waals surface area contributed by atoms with Crippen LogP contribution in [-0.4, -0.2) is 35.4 Å². The maximum absolute atomic E-state index is 12.7. The van der Waals surface area contributed by atoms with Gasteiger partial charge < -0.3 is 15.0 Å². The molecule has 0 unspecified atom stereocenters. The summed E-state index contributed by atoms with van der Waals surface area (Å²) in [5.74, 6) is 0.638. The Morgan fingerprint density at radius 2 is 1.82 bits per heavy atom. The van der Waals surface area contributed by atoms with Crippen molar-refractivity contribution in [3.05, 3.63) is 57.6 Å². The molecule has 28 heavy (non-hydrogen) atoms. The lowest BCUT2D eigenvalue weighted by Crippen LogP contribution is -2.53. The Hall–Kier alpha value is -2.24. The van der Waals surface area contributed by atoms with Gasteiger partial charge in [-0.2, -0.15) is 0 Å². The fraction of sp³-hybridized carbons (Fsp3) is 0.333. The van der Waals surface area contributed by atoms with Gasteiger partial charge in [-0.3, -0.25) is 4.79 Å². The number of ether oxygens (including phenoxy) is 1. The Labute approximate surface area is 173 Å². The number of likely N-dealkylation sites (tertiary alicyclic amines) is 1. The highest BCUT2D eigenvalue weighted by molar-refractivity contribution is 6.32. The highest BCUT2D eigenvalue weighted by atomic mass is 35.5. The summed E-state index contributed by atoms with van der Waals surface area (Å²) in [5.41, 5.74) is 1.57. The van der Waals surface area contributed by atoms with Crippen molar-refractivity contribution in [2.45, 2.75) is 31.8 Å². The molecule has 1 N–H and O–H groups in total. The first-order valence-electron chi connectivity index (χ1n) is 9.19. The summed E-state index contributed by atoms with van der Waals surface area (Å²) in [6.45, 7) is 2.94. The van der Waals surface area contributed by atoms with E-state index in [1.807, 2.05) is 13.0 Å². The molecule has 0 radical (unpaired) electrons. The summed E-state index contributed by atoms with van der Waals surface area (Å²) in [6, 6.07) is 10.3. The minimum Gasteiger partial charge on any atom is -0.486 e. The number of anilines is 1. The summed E-state index contributed by atoms with van der Waals surface area (Å²) in [5, 5.41) is 4.06. The van der Waals surface area contributed by atoms with Crippen molar-refractivity contribution in [2.75, 3.05) is 18.4 Å². The predicted molar refractivity (Wildman–Crippen MR) is 110 cm³/mol. The van der Waals surface area contributed by atoms with Gasteiger partial charge in [0.1, 0.15) is 11.4 Å². The normalized spacial score (nSPS) is 17.8. The number of rotatable bonds is 1. The maximum Gasteiger partial charge on any atom is 0.321 e. The number of urea groups is 1. The standard InChI is InChI=1S/C21H20Cl2N2O3/c1-13-10-19-16(11-17(13)23)18(26)12-21(28-19)6-8-25(9-7-21)20(27)24-15-4-2-14(22)3-5-15/h2-5,10-11H,6-9,12H2,1H3,(H,24,27). The summed E-state index contributed by atoms with van der Waals surface area (Å²) in [4.78, 5) is 26.9. The molecule has 0 saturated carbocycles. The maximum atomic E-state index is 12.7. The van der Waals surface area contributed by atoms with Gasteiger partial charge in [-0.05, 0) is 48.9 Å². The van der Waals surface area contributed by atoms with Crippen molar-refractivity contribution >= 4 is 40.7 Å². The molecular weight excluding hydrogens is 399 g/mol. The Kier molecular flexibility index (Phi) is 4.98. The third kappa shape index (κ3) is 3.69. The molecule has 0 atom stereocenters. The van der Waals surface area contributed by atoms with Crippen molar-refractivity contribution < 1.29 is 14.3 Å². The van der Waals surface area contributed by atoms with Crippen LogP contribution in [0.1, 0.15) is 35.2 Å². The number of carbonyl (C=O) groups excluding carboxylic acids is 2. The molecule has 0 aliphatic carbocycles. The zero-order valence-electron chi connectivity index (χ0n) is 15.4. The largest absolute Gasteiger partial charge is 0.486 e. The van der Waals surface area contributed by atoms with Gasteiger partial charge in [-0.25, -0.2) is 4.79 Å². The predicted octanol–water partition coefficient (Wildman–Crippen LogP) is 5.33. The molecule has 1 fully saturated rings. The molecule has 2 aliphatic rings. The average molecular weight is 419 g/mol. The average Bonchev–Trinajstić information content (AvgIpc) is 2.66. The van der Waals surface area contributed by atoms with Crippen LogP contribution in [0.15, 0.2) is 36.4 Å². The number of hydrogen-bond donors (Lipinski definition) is 1. The molecule has 2 aromatic rings. The van der Waals surface area contributed by atoms with Gasteiger partial charge in [0.25, 0.3) is 0 Å². The van der Waals surface area contributed by atoms with Crippen LogP contribution in [0.3, 0.4) is 0 Å². The number of halogens is 2. The fourth-order valence-corrected chi connectivity index (χ4v) is 4.04. The summed E-state index contributed by atoms with van der Waals surface area (Å²) in [7, 11) is 0. The van der Waals surface area contributed by atoms with E-state index in [1.165, 1.54) is 0 Å². The van der Waals surface area contributed by atoms with E-state index in [-0.39, 0.29) is 11.8 Å². The lowest BCUT2D eigenvalue weighted by Gasteiger charge is -2.44. The van der Waals surface area contributed by atoms with Gasteiger partial charge in [0.2, 0.25) is 0 Å². The monoisotopic (exact) mass is 418 g/mol. The van der Waals surface area contributed by atoms with Crippen LogP contribution in [0, 0.1) is 6.92 Å². The van der Waals surface area contributed by atoms with Crippen LogP contribution < -0.4 is 10.1 Å². The number of benzene rings is 2. The number of Topliss-reactive ketones (excluding diaryl/α,β-unsaturated/α-hetero) is 1. The molecule has 4 rings (SSSR count). The lowest BCUT2D eigenvalue weighted by atomic mass is 9.82. The second-order valence-electron chi connectivity index (χ2n) is 7.41. The van der Waals surface area contributed by atoms with Gasteiger partial charge in [0.05, 0.1) is 12.0 Å². The minimum absolute atomic E-state index is 0.0437. The first-order chi connectivity index (χ1) is 13.3. The number of aryl methyl sites for hydroxylation is 1. The zero-order chi connectivity index (χ0) is 19.9. The second-order valence-corrected chi connectivity index (χ2v) is 8.25. The van der Waals surface area contributed by atoms with Crippen molar-refractivity contribution in [1.29, 1.82) is 0 Å². The van der Waals surface area contributed by atoms with E-state index in [9.17, 15) is 9.59 Å². The SMILES string of the molecule is Cc1cc2c(cc1Cl)C(=O)CC1(CCN(C(=O)Nc3ccc(Cl)cc3)CC1)O2. The Bertz CT molecular complexity index is 935. The van der Waals surface area contributed by atoms with Crippen LogP contribution >= 0.6 is 23.2 Å². The van der Waals surface area contributed by atoms with E-state index in [1.54, 1.807) is 35.2 Å². The molecule has 146 valence electrons. The highest BCUT2D eigenvalue weighted by Crippen LogP contribution is 2.41. The summed E-state index contributed by atoms with van der Waals surface area (Å²) in [6.07, 6.45) is 1.52. The van der Waals surface area contributed by atoms with Crippen LogP contribution in [0.2, 0.25) is 10.0 Å². The number of nitrogens with one attached hydrogen (secondary N) is 1. The molecular formula is C21H20Cl2N2O3. The van der Waals surface area contributed by atoms with Crippen LogP contribution in [0.25, 0.3) is 0 Å². The van der Waals surface area contributed by atoms with Gasteiger partial charge in [-0.15, -0.1) is 0 Å². The molecule has 1 spiro atoms. The van der Waals surface area contributed by atoms with E-state index in [0.717, 1.165) is 5.56 Å². The van der Waals surface area contributed by atoms with E-state index in [4.69, 9.17) is 27.9 Å². The highest BCUT2D eigenvalue weighted by Gasteiger charge is 2.43. The van der Waals surface area contributed by atoms with E-state index >= 15 is 0 Å². The molecule has 0 aromatic heterocycles. The second kappa shape index (κ2) is 7.30. The van der Waals surface area contributed by atoms with Gasteiger partial charge in [0.15, 0.2) is 5.78 Å². The van der Waals surface area contributed by atoms with Crippen LogP contribution in [0.4, 0.5) is 10.5 Å². The molecule has 5 nitrogen and oxygen atoms in total. The van der Waals surface area contributed by atoms with E-state index in [2.05, 4.69) is 5.32 Å². The Morgan fingerprint density at radius 1 is 1.14 bits per heavy atom. The molecule has 2 aromatic carbocycles. The number of fused-ring (bicyclic) bond motifs is 1. The molecule has 2 heterocycles. The van der Waals surface area contributed by atoms with Crippen molar-refractivity contribution in [3.8, 4) is 5.75 Å². The van der Waals surface area contributed by atoms with Crippen LogP contribution in [0.5, 0.6) is 5.75 Å². The number of nitrogens with zero attached hydrogens (tertiary/aromatic N) is 1. The van der Waals surface area contributed by atoms with Crippen molar-refractivity contribution in [1.82, 2.24) is 4.90 Å². The van der Waals surface area contributed by atoms with Gasteiger partial charge in [0, 0.05) is 41.7 Å². The van der Waals surface area contributed by atoms with E-state index < -0.39 is 5.60 Å². The number of ketones is 1. The molecule has 2 aliphatic heterocycles.